The molecule has 30 heavy (non-hydrogen) atoms. The quantitative estimate of drug-likeness (QED) is 0.683. The predicted molar refractivity (Wildman–Crippen MR) is 120 cm³/mol. The topological polar surface area (TPSA) is 58.1 Å². The van der Waals surface area contributed by atoms with Crippen LogP contribution in [-0.2, 0) is 4.79 Å². The lowest BCUT2D eigenvalue weighted by atomic mass is 9.95. The molecule has 5 nitrogen and oxygen atoms in total. The van der Waals surface area contributed by atoms with Crippen LogP contribution in [0.2, 0.25) is 0 Å². The van der Waals surface area contributed by atoms with Crippen molar-refractivity contribution in [2.45, 2.75) is 32.7 Å². The van der Waals surface area contributed by atoms with Gasteiger partial charge in [-0.25, -0.2) is 9.97 Å². The van der Waals surface area contributed by atoms with Gasteiger partial charge in [-0.2, -0.15) is 0 Å². The summed E-state index contributed by atoms with van der Waals surface area (Å²) in [6, 6.07) is 20.3. The number of amides is 1. The summed E-state index contributed by atoms with van der Waals surface area (Å²) in [6.45, 7) is 5.76. The Morgan fingerprint density at radius 3 is 2.43 bits per heavy atom. The molecule has 1 aromatic heterocycles. The Morgan fingerprint density at radius 2 is 1.73 bits per heavy atom. The summed E-state index contributed by atoms with van der Waals surface area (Å²) in [5, 5.41) is 3.19. The number of aryl methyl sites for hydroxylation is 1. The summed E-state index contributed by atoms with van der Waals surface area (Å²) in [6.07, 6.45) is 3.47. The number of anilines is 1. The van der Waals surface area contributed by atoms with Crippen LogP contribution < -0.4 is 10.2 Å². The lowest BCUT2D eigenvalue weighted by Crippen LogP contribution is -2.41. The van der Waals surface area contributed by atoms with E-state index in [1.54, 1.807) is 0 Å². The van der Waals surface area contributed by atoms with Crippen molar-refractivity contribution >= 4 is 11.7 Å². The molecule has 0 bridgehead atoms. The Bertz CT molecular complexity index is 980. The maximum absolute atomic E-state index is 12.8. The number of carbonyl (C=O) groups is 1. The highest BCUT2D eigenvalue weighted by Crippen LogP contribution is 2.25. The molecule has 1 amide bonds. The van der Waals surface area contributed by atoms with Gasteiger partial charge in [0.25, 0.3) is 0 Å². The molecule has 1 N–H and O–H groups in total. The highest BCUT2D eigenvalue weighted by Gasteiger charge is 2.26. The van der Waals surface area contributed by atoms with E-state index in [0.29, 0.717) is 0 Å². The molecular weight excluding hydrogens is 372 g/mol. The van der Waals surface area contributed by atoms with Crippen LogP contribution in [-0.4, -0.2) is 29.0 Å². The minimum absolute atomic E-state index is 0.0198. The molecule has 2 heterocycles. The van der Waals surface area contributed by atoms with E-state index in [9.17, 15) is 4.79 Å². The summed E-state index contributed by atoms with van der Waals surface area (Å²) in [4.78, 5) is 24.2. The summed E-state index contributed by atoms with van der Waals surface area (Å²) in [5.41, 5.74) is 3.38. The van der Waals surface area contributed by atoms with Crippen LogP contribution in [0.3, 0.4) is 0 Å². The Labute approximate surface area is 178 Å². The summed E-state index contributed by atoms with van der Waals surface area (Å²) in [5.74, 6) is 1.86. The first-order valence-electron chi connectivity index (χ1n) is 10.6. The molecule has 0 saturated carbocycles. The van der Waals surface area contributed by atoms with E-state index >= 15 is 0 Å². The molecule has 3 aromatic rings. The summed E-state index contributed by atoms with van der Waals surface area (Å²) >= 11 is 0. The number of piperidine rings is 1. The van der Waals surface area contributed by atoms with Gasteiger partial charge in [0.05, 0.1) is 6.04 Å². The number of carbonyl (C=O) groups excluding carboxylic acids is 1. The van der Waals surface area contributed by atoms with Crippen LogP contribution in [0, 0.1) is 12.8 Å². The van der Waals surface area contributed by atoms with E-state index in [1.165, 1.54) is 5.56 Å². The molecule has 0 aliphatic carbocycles. The second-order valence-electron chi connectivity index (χ2n) is 8.01. The molecule has 4 rings (SSSR count). The zero-order valence-corrected chi connectivity index (χ0v) is 17.6. The molecule has 1 fully saturated rings. The number of nitrogens with one attached hydrogen (secondary N) is 1. The number of nitrogens with zero attached hydrogens (tertiary/aromatic N) is 3. The maximum Gasteiger partial charge on any atom is 0.223 e. The zero-order valence-electron chi connectivity index (χ0n) is 17.6. The molecule has 1 atom stereocenters. The predicted octanol–water partition coefficient (Wildman–Crippen LogP) is 4.55. The lowest BCUT2D eigenvalue weighted by molar-refractivity contribution is -0.126. The SMILES string of the molecule is Cc1ccc(C(C)NC(=O)C2CCN(c3ccnc(-c4ccccc4)n3)CC2)cc1. The first kappa shape index (κ1) is 20.1. The standard InChI is InChI=1S/C25H28N4O/c1-18-8-10-20(11-9-18)19(2)27-25(30)22-13-16-29(17-14-22)23-12-15-26-24(28-23)21-6-4-3-5-7-21/h3-12,15,19,22H,13-14,16-17H2,1-2H3,(H,27,30). The van der Waals surface area contributed by atoms with Crippen LogP contribution in [0.4, 0.5) is 5.82 Å². The average Bonchev–Trinajstić information content (AvgIpc) is 2.80. The third-order valence-corrected chi connectivity index (χ3v) is 5.80. The average molecular weight is 401 g/mol. The van der Waals surface area contributed by atoms with Crippen molar-refractivity contribution in [2.75, 3.05) is 18.0 Å². The Kier molecular flexibility index (Phi) is 6.07. The van der Waals surface area contributed by atoms with E-state index in [-0.39, 0.29) is 17.9 Å². The number of rotatable bonds is 5. The first-order chi connectivity index (χ1) is 14.6. The lowest BCUT2D eigenvalue weighted by Gasteiger charge is -2.32. The van der Waals surface area contributed by atoms with Gasteiger partial charge in [-0.1, -0.05) is 60.2 Å². The monoisotopic (exact) mass is 400 g/mol. The highest BCUT2D eigenvalue weighted by atomic mass is 16.1. The molecule has 0 radical (unpaired) electrons. The van der Waals surface area contributed by atoms with Crippen molar-refractivity contribution in [1.82, 2.24) is 15.3 Å². The summed E-state index contributed by atoms with van der Waals surface area (Å²) < 4.78 is 0. The van der Waals surface area contributed by atoms with Gasteiger partial charge < -0.3 is 10.2 Å². The van der Waals surface area contributed by atoms with E-state index in [1.807, 2.05) is 49.5 Å². The normalized spacial score (nSPS) is 15.6. The van der Waals surface area contributed by atoms with Gasteiger partial charge in [-0.05, 0) is 38.3 Å². The first-order valence-corrected chi connectivity index (χ1v) is 10.6. The molecule has 2 aromatic carbocycles. The second-order valence-corrected chi connectivity index (χ2v) is 8.01. The van der Waals surface area contributed by atoms with Gasteiger partial charge in [-0.3, -0.25) is 4.79 Å². The van der Waals surface area contributed by atoms with Gasteiger partial charge in [0.15, 0.2) is 5.82 Å². The number of benzene rings is 2. The largest absolute Gasteiger partial charge is 0.356 e. The Balaban J connectivity index is 1.35. The molecule has 1 aliphatic heterocycles. The van der Waals surface area contributed by atoms with Gasteiger partial charge in [0.1, 0.15) is 5.82 Å². The van der Waals surface area contributed by atoms with E-state index in [2.05, 4.69) is 46.4 Å². The molecule has 154 valence electrons. The maximum atomic E-state index is 12.8. The second kappa shape index (κ2) is 9.08. The minimum Gasteiger partial charge on any atom is -0.356 e. The van der Waals surface area contributed by atoms with Crippen LogP contribution in [0.1, 0.15) is 36.9 Å². The van der Waals surface area contributed by atoms with Crippen molar-refractivity contribution in [3.63, 3.8) is 0 Å². The van der Waals surface area contributed by atoms with E-state index in [0.717, 1.165) is 48.7 Å². The fourth-order valence-corrected chi connectivity index (χ4v) is 3.89. The van der Waals surface area contributed by atoms with Crippen molar-refractivity contribution in [3.8, 4) is 11.4 Å². The van der Waals surface area contributed by atoms with Crippen LogP contribution in [0.25, 0.3) is 11.4 Å². The molecule has 1 aliphatic rings. The smallest absolute Gasteiger partial charge is 0.223 e. The van der Waals surface area contributed by atoms with Gasteiger partial charge in [0, 0.05) is 30.8 Å². The fourth-order valence-electron chi connectivity index (χ4n) is 3.89. The Morgan fingerprint density at radius 1 is 1.03 bits per heavy atom. The highest BCUT2D eigenvalue weighted by molar-refractivity contribution is 5.79. The van der Waals surface area contributed by atoms with Crippen LogP contribution in [0.5, 0.6) is 0 Å². The van der Waals surface area contributed by atoms with E-state index in [4.69, 9.17) is 4.98 Å². The van der Waals surface area contributed by atoms with Crippen molar-refractivity contribution in [3.05, 3.63) is 78.0 Å². The molecule has 1 unspecified atom stereocenters. The van der Waals surface area contributed by atoms with Crippen LogP contribution in [0.15, 0.2) is 66.9 Å². The van der Waals surface area contributed by atoms with Gasteiger partial charge >= 0.3 is 0 Å². The van der Waals surface area contributed by atoms with Crippen molar-refractivity contribution < 1.29 is 4.79 Å². The molecule has 0 spiro atoms. The third kappa shape index (κ3) is 4.67. The van der Waals surface area contributed by atoms with Crippen molar-refractivity contribution in [1.29, 1.82) is 0 Å². The minimum atomic E-state index is 0.0198. The van der Waals surface area contributed by atoms with Crippen LogP contribution >= 0.6 is 0 Å². The molecule has 5 heteroatoms. The zero-order chi connectivity index (χ0) is 20.9. The fraction of sp³-hybridized carbons (Fsp3) is 0.320. The number of hydrogen-bond donors (Lipinski definition) is 1. The van der Waals surface area contributed by atoms with Crippen molar-refractivity contribution in [2.24, 2.45) is 5.92 Å². The molecule has 1 saturated heterocycles. The van der Waals surface area contributed by atoms with Gasteiger partial charge in [-0.15, -0.1) is 0 Å². The molecular formula is C25H28N4O. The van der Waals surface area contributed by atoms with Gasteiger partial charge in [0.2, 0.25) is 5.91 Å². The Hall–Kier alpha value is -3.21. The third-order valence-electron chi connectivity index (χ3n) is 5.80. The number of hydrogen-bond acceptors (Lipinski definition) is 4. The summed E-state index contributed by atoms with van der Waals surface area (Å²) in [7, 11) is 0. The van der Waals surface area contributed by atoms with E-state index < -0.39 is 0 Å². The number of aromatic nitrogens is 2.